The SMILES string of the molecule is O=C1NC(=S)N(c2cccc(C(=O)O)c2)C(=O)C1=Cc1c(OCc2ccc(F)cc2)ccc2ccccc12. The number of halogens is 1. The second kappa shape index (κ2) is 10.2. The number of carbonyl (C=O) groups excluding carboxylic acids is 2. The topological polar surface area (TPSA) is 95.9 Å². The van der Waals surface area contributed by atoms with Gasteiger partial charge < -0.3 is 9.84 Å². The van der Waals surface area contributed by atoms with E-state index in [9.17, 15) is 23.9 Å². The maximum Gasteiger partial charge on any atom is 0.335 e. The van der Waals surface area contributed by atoms with E-state index in [1.54, 1.807) is 18.2 Å². The molecule has 1 aliphatic heterocycles. The fourth-order valence-electron chi connectivity index (χ4n) is 4.11. The van der Waals surface area contributed by atoms with E-state index in [0.29, 0.717) is 11.3 Å². The molecular weight excluding hydrogens is 507 g/mol. The van der Waals surface area contributed by atoms with E-state index in [4.69, 9.17) is 17.0 Å². The van der Waals surface area contributed by atoms with Gasteiger partial charge in [-0.25, -0.2) is 9.18 Å². The minimum absolute atomic E-state index is 0.0361. The molecule has 2 N–H and O–H groups in total. The number of nitrogens with one attached hydrogen (secondary N) is 1. The number of carboxylic acids is 1. The molecule has 0 atom stereocenters. The molecule has 0 aliphatic carbocycles. The summed E-state index contributed by atoms with van der Waals surface area (Å²) in [6, 6.07) is 22.6. The third kappa shape index (κ3) is 4.87. The first-order chi connectivity index (χ1) is 18.3. The average Bonchev–Trinajstić information content (AvgIpc) is 2.91. The molecule has 0 bridgehead atoms. The predicted molar refractivity (Wildman–Crippen MR) is 144 cm³/mol. The summed E-state index contributed by atoms with van der Waals surface area (Å²) in [5.74, 6) is -2.51. The van der Waals surface area contributed by atoms with Crippen molar-refractivity contribution in [2.24, 2.45) is 0 Å². The number of hydrogen-bond donors (Lipinski definition) is 2. The van der Waals surface area contributed by atoms with Crippen LogP contribution in [0.5, 0.6) is 5.75 Å². The Labute approximate surface area is 221 Å². The van der Waals surface area contributed by atoms with E-state index in [1.807, 2.05) is 30.3 Å². The number of anilines is 1. The van der Waals surface area contributed by atoms with Crippen LogP contribution in [0.15, 0.2) is 90.5 Å². The lowest BCUT2D eigenvalue weighted by Gasteiger charge is -2.29. The zero-order valence-corrected chi connectivity index (χ0v) is 20.5. The summed E-state index contributed by atoms with van der Waals surface area (Å²) in [6.07, 6.45) is 1.44. The summed E-state index contributed by atoms with van der Waals surface area (Å²) in [5, 5.41) is 13.3. The Morgan fingerprint density at radius 2 is 1.76 bits per heavy atom. The smallest absolute Gasteiger partial charge is 0.335 e. The standard InChI is InChI=1S/C29H19FN2O5S/c30-20-11-8-17(9-12-20)16-37-25-13-10-18-4-1-2-7-22(18)23(25)15-24-26(33)31-29(38)32(27(24)34)21-6-3-5-19(14-21)28(35)36/h1-15H,16H2,(H,35,36)(H,31,33,38). The molecule has 2 amide bonds. The van der Waals surface area contributed by atoms with Gasteiger partial charge in [0, 0.05) is 5.56 Å². The van der Waals surface area contributed by atoms with Crippen LogP contribution in [-0.2, 0) is 16.2 Å². The molecule has 4 aromatic rings. The molecule has 9 heteroatoms. The maximum atomic E-state index is 13.6. The van der Waals surface area contributed by atoms with Crippen LogP contribution in [0.2, 0.25) is 0 Å². The zero-order chi connectivity index (χ0) is 26.8. The number of nitrogens with zero attached hydrogens (tertiary/aromatic N) is 1. The molecule has 5 rings (SSSR count). The second-order valence-corrected chi connectivity index (χ2v) is 8.81. The molecule has 0 aromatic heterocycles. The van der Waals surface area contributed by atoms with Crippen molar-refractivity contribution in [1.29, 1.82) is 0 Å². The summed E-state index contributed by atoms with van der Waals surface area (Å²) >= 11 is 5.24. The van der Waals surface area contributed by atoms with Crippen LogP contribution in [0.1, 0.15) is 21.5 Å². The Balaban J connectivity index is 1.57. The Morgan fingerprint density at radius 1 is 1.00 bits per heavy atom. The lowest BCUT2D eigenvalue weighted by Crippen LogP contribution is -2.54. The molecular formula is C29H19FN2O5S. The largest absolute Gasteiger partial charge is 0.488 e. The number of amides is 2. The number of carbonyl (C=O) groups is 3. The minimum atomic E-state index is -1.17. The van der Waals surface area contributed by atoms with Crippen molar-refractivity contribution in [3.63, 3.8) is 0 Å². The highest BCUT2D eigenvalue weighted by Crippen LogP contribution is 2.32. The monoisotopic (exact) mass is 526 g/mol. The highest BCUT2D eigenvalue weighted by molar-refractivity contribution is 7.80. The van der Waals surface area contributed by atoms with Crippen molar-refractivity contribution in [1.82, 2.24) is 5.32 Å². The number of benzene rings is 4. The zero-order valence-electron chi connectivity index (χ0n) is 19.7. The van der Waals surface area contributed by atoms with Crippen molar-refractivity contribution in [3.8, 4) is 5.75 Å². The molecule has 1 fully saturated rings. The fraction of sp³-hybridized carbons (Fsp3) is 0.0345. The number of thiocarbonyl (C=S) groups is 1. The summed E-state index contributed by atoms with van der Waals surface area (Å²) < 4.78 is 19.3. The highest BCUT2D eigenvalue weighted by Gasteiger charge is 2.35. The van der Waals surface area contributed by atoms with Gasteiger partial charge in [0.25, 0.3) is 11.8 Å². The third-order valence-electron chi connectivity index (χ3n) is 5.98. The van der Waals surface area contributed by atoms with Gasteiger partial charge in [-0.2, -0.15) is 0 Å². The first-order valence-corrected chi connectivity index (χ1v) is 11.9. The van der Waals surface area contributed by atoms with E-state index < -0.39 is 17.8 Å². The van der Waals surface area contributed by atoms with Crippen molar-refractivity contribution < 1.29 is 28.6 Å². The Hall–Kier alpha value is -4.89. The van der Waals surface area contributed by atoms with E-state index in [1.165, 1.54) is 42.5 Å². The van der Waals surface area contributed by atoms with Gasteiger partial charge in [-0.3, -0.25) is 19.8 Å². The Morgan fingerprint density at radius 3 is 2.53 bits per heavy atom. The van der Waals surface area contributed by atoms with Gasteiger partial charge in [0.2, 0.25) is 0 Å². The van der Waals surface area contributed by atoms with Gasteiger partial charge in [-0.05, 0) is 71.0 Å². The van der Waals surface area contributed by atoms with Crippen LogP contribution in [0.4, 0.5) is 10.1 Å². The number of rotatable bonds is 6. The number of hydrogen-bond acceptors (Lipinski definition) is 5. The van der Waals surface area contributed by atoms with Gasteiger partial charge in [-0.1, -0.05) is 48.5 Å². The average molecular weight is 527 g/mol. The van der Waals surface area contributed by atoms with Crippen molar-refractivity contribution in [2.75, 3.05) is 4.90 Å². The van der Waals surface area contributed by atoms with Crippen molar-refractivity contribution in [2.45, 2.75) is 6.61 Å². The molecule has 1 aliphatic rings. The van der Waals surface area contributed by atoms with E-state index in [2.05, 4.69) is 5.32 Å². The summed E-state index contributed by atoms with van der Waals surface area (Å²) in [5.41, 5.74) is 1.19. The normalized spacial score (nSPS) is 14.6. The van der Waals surface area contributed by atoms with Crippen LogP contribution in [0, 0.1) is 5.82 Å². The van der Waals surface area contributed by atoms with E-state index >= 15 is 0 Å². The molecule has 7 nitrogen and oxygen atoms in total. The first kappa shape index (κ1) is 24.8. The summed E-state index contributed by atoms with van der Waals surface area (Å²) in [6.45, 7) is 0.132. The minimum Gasteiger partial charge on any atom is -0.488 e. The van der Waals surface area contributed by atoms with Crippen LogP contribution in [-0.4, -0.2) is 28.0 Å². The van der Waals surface area contributed by atoms with Gasteiger partial charge in [-0.15, -0.1) is 0 Å². The maximum absolute atomic E-state index is 13.6. The summed E-state index contributed by atoms with van der Waals surface area (Å²) in [4.78, 5) is 39.1. The van der Waals surface area contributed by atoms with E-state index in [0.717, 1.165) is 21.2 Å². The highest BCUT2D eigenvalue weighted by atomic mass is 32.1. The Bertz CT molecular complexity index is 1650. The quantitative estimate of drug-likeness (QED) is 0.207. The van der Waals surface area contributed by atoms with Crippen LogP contribution >= 0.6 is 12.2 Å². The lowest BCUT2D eigenvalue weighted by molar-refractivity contribution is -0.122. The van der Waals surface area contributed by atoms with Crippen LogP contribution in [0.25, 0.3) is 16.8 Å². The van der Waals surface area contributed by atoms with Crippen LogP contribution in [0.3, 0.4) is 0 Å². The molecule has 188 valence electrons. The molecule has 38 heavy (non-hydrogen) atoms. The number of fused-ring (bicyclic) bond motifs is 1. The van der Waals surface area contributed by atoms with Gasteiger partial charge in [0.15, 0.2) is 5.11 Å². The fourth-order valence-corrected chi connectivity index (χ4v) is 4.39. The molecule has 1 heterocycles. The molecule has 0 spiro atoms. The molecule has 4 aromatic carbocycles. The summed E-state index contributed by atoms with van der Waals surface area (Å²) in [7, 11) is 0. The third-order valence-corrected chi connectivity index (χ3v) is 6.26. The van der Waals surface area contributed by atoms with Gasteiger partial charge in [0.05, 0.1) is 11.3 Å². The van der Waals surface area contributed by atoms with Gasteiger partial charge in [0.1, 0.15) is 23.7 Å². The molecule has 0 saturated carbocycles. The first-order valence-electron chi connectivity index (χ1n) is 11.5. The molecule has 0 unspecified atom stereocenters. The Kier molecular flexibility index (Phi) is 6.68. The van der Waals surface area contributed by atoms with E-state index in [-0.39, 0.29) is 34.4 Å². The number of carboxylic acid groups (broad SMARTS) is 1. The van der Waals surface area contributed by atoms with Crippen molar-refractivity contribution in [3.05, 3.63) is 113 Å². The lowest BCUT2D eigenvalue weighted by atomic mass is 9.99. The van der Waals surface area contributed by atoms with Gasteiger partial charge >= 0.3 is 5.97 Å². The number of ether oxygens (including phenoxy) is 1. The van der Waals surface area contributed by atoms with Crippen molar-refractivity contribution >= 4 is 57.6 Å². The second-order valence-electron chi connectivity index (χ2n) is 8.43. The van der Waals surface area contributed by atoms with Crippen LogP contribution < -0.4 is 15.0 Å². The molecule has 1 saturated heterocycles. The predicted octanol–water partition coefficient (Wildman–Crippen LogP) is 5.09. The molecule has 0 radical (unpaired) electrons. The number of aromatic carboxylic acids is 1.